The van der Waals surface area contributed by atoms with Gasteiger partial charge in [-0.05, 0) is 13.8 Å². The number of thiazole rings is 1. The van der Waals surface area contributed by atoms with Gasteiger partial charge >= 0.3 is 0 Å². The molecule has 1 atom stereocenters. The largest absolute Gasteiger partial charge is 0.496 e. The van der Waals surface area contributed by atoms with Crippen LogP contribution in [0.15, 0.2) is 24.5 Å². The summed E-state index contributed by atoms with van der Waals surface area (Å²) >= 11 is 1.58. The first-order valence-corrected chi connectivity index (χ1v) is 9.13. The molecule has 3 aromatic rings. The monoisotopic (exact) mass is 371 g/mol. The van der Waals surface area contributed by atoms with Crippen molar-refractivity contribution in [3.63, 3.8) is 0 Å². The van der Waals surface area contributed by atoms with Crippen molar-refractivity contribution in [3.8, 4) is 16.5 Å². The molecule has 3 aromatic heterocycles. The fourth-order valence-corrected chi connectivity index (χ4v) is 3.90. The van der Waals surface area contributed by atoms with Crippen LogP contribution in [0.4, 0.5) is 10.2 Å². The van der Waals surface area contributed by atoms with Crippen LogP contribution in [-0.2, 0) is 6.42 Å². The number of halogens is 1. The molecule has 0 fully saturated rings. The Morgan fingerprint density at radius 2 is 2.08 bits per heavy atom. The minimum Gasteiger partial charge on any atom is -0.496 e. The van der Waals surface area contributed by atoms with Crippen LogP contribution in [0, 0.1) is 12.9 Å². The Morgan fingerprint density at radius 1 is 1.23 bits per heavy atom. The van der Waals surface area contributed by atoms with Crippen molar-refractivity contribution in [1.82, 2.24) is 19.9 Å². The van der Waals surface area contributed by atoms with Gasteiger partial charge in [-0.1, -0.05) is 0 Å². The third kappa shape index (κ3) is 3.01. The third-order valence-corrected chi connectivity index (χ3v) is 5.44. The average Bonchev–Trinajstić information content (AvgIpc) is 3.07. The quantitative estimate of drug-likeness (QED) is 0.656. The summed E-state index contributed by atoms with van der Waals surface area (Å²) in [6.45, 7) is 4.72. The van der Waals surface area contributed by atoms with E-state index >= 15 is 0 Å². The lowest BCUT2D eigenvalue weighted by Crippen LogP contribution is -2.35. The van der Waals surface area contributed by atoms with Crippen molar-refractivity contribution in [3.05, 3.63) is 46.7 Å². The average molecular weight is 371 g/mol. The minimum absolute atomic E-state index is 0.00463. The summed E-state index contributed by atoms with van der Waals surface area (Å²) in [5.41, 5.74) is 2.06. The molecule has 0 saturated heterocycles. The van der Waals surface area contributed by atoms with E-state index in [-0.39, 0.29) is 6.04 Å². The predicted molar refractivity (Wildman–Crippen MR) is 98.1 cm³/mol. The molecule has 1 aliphatic heterocycles. The molecular formula is C18H18FN5OS. The normalized spacial score (nSPS) is 16.5. The maximum Gasteiger partial charge on any atom is 0.218 e. The van der Waals surface area contributed by atoms with Crippen molar-refractivity contribution < 1.29 is 9.13 Å². The van der Waals surface area contributed by atoms with Crippen molar-refractivity contribution in [2.24, 2.45) is 0 Å². The van der Waals surface area contributed by atoms with Crippen molar-refractivity contribution in [2.45, 2.75) is 26.3 Å². The van der Waals surface area contributed by atoms with Crippen LogP contribution in [-0.4, -0.2) is 33.6 Å². The summed E-state index contributed by atoms with van der Waals surface area (Å²) in [5.74, 6) is 1.17. The van der Waals surface area contributed by atoms with E-state index in [0.29, 0.717) is 23.9 Å². The lowest BCUT2D eigenvalue weighted by atomic mass is 9.99. The van der Waals surface area contributed by atoms with E-state index in [2.05, 4.69) is 21.9 Å². The first-order valence-electron chi connectivity index (χ1n) is 8.32. The molecule has 1 unspecified atom stereocenters. The molecule has 4 heterocycles. The number of hydrogen-bond donors (Lipinski definition) is 0. The summed E-state index contributed by atoms with van der Waals surface area (Å²) < 4.78 is 18.9. The van der Waals surface area contributed by atoms with Gasteiger partial charge < -0.3 is 9.64 Å². The second-order valence-corrected chi connectivity index (χ2v) is 7.38. The molecule has 0 aromatic carbocycles. The van der Waals surface area contributed by atoms with Gasteiger partial charge in [-0.25, -0.2) is 19.9 Å². The maximum absolute atomic E-state index is 13.8. The topological polar surface area (TPSA) is 64.0 Å². The third-order valence-electron chi connectivity index (χ3n) is 4.53. The Kier molecular flexibility index (Phi) is 4.28. The van der Waals surface area contributed by atoms with E-state index in [1.54, 1.807) is 17.4 Å². The van der Waals surface area contributed by atoms with E-state index in [1.807, 2.05) is 24.2 Å². The zero-order valence-electron chi connectivity index (χ0n) is 14.7. The van der Waals surface area contributed by atoms with Crippen LogP contribution in [0.1, 0.15) is 29.2 Å². The number of aromatic nitrogens is 4. The molecule has 8 heteroatoms. The summed E-state index contributed by atoms with van der Waals surface area (Å²) in [6, 6.07) is 3.02. The highest BCUT2D eigenvalue weighted by atomic mass is 32.1. The Balaban J connectivity index is 1.67. The molecule has 4 rings (SSSR count). The molecule has 0 N–H and O–H groups in total. The van der Waals surface area contributed by atoms with Crippen LogP contribution in [0.3, 0.4) is 0 Å². The number of hydrogen-bond acceptors (Lipinski definition) is 7. The molecule has 0 spiro atoms. The van der Waals surface area contributed by atoms with Gasteiger partial charge in [0.25, 0.3) is 0 Å². The summed E-state index contributed by atoms with van der Waals surface area (Å²) in [5, 5.41) is 0.993. The zero-order chi connectivity index (χ0) is 18.3. The molecular weight excluding hydrogens is 353 g/mol. The minimum atomic E-state index is -0.551. The van der Waals surface area contributed by atoms with E-state index in [4.69, 9.17) is 9.72 Å². The fraction of sp³-hybridized carbons (Fsp3) is 0.333. The highest BCUT2D eigenvalue weighted by Gasteiger charge is 2.27. The van der Waals surface area contributed by atoms with Gasteiger partial charge in [-0.15, -0.1) is 11.3 Å². The predicted octanol–water partition coefficient (Wildman–Crippen LogP) is 3.57. The summed E-state index contributed by atoms with van der Waals surface area (Å²) in [7, 11) is 1.52. The molecule has 26 heavy (non-hydrogen) atoms. The van der Waals surface area contributed by atoms with Gasteiger partial charge in [0.05, 0.1) is 28.7 Å². The molecule has 6 nitrogen and oxygen atoms in total. The van der Waals surface area contributed by atoms with Gasteiger partial charge in [-0.2, -0.15) is 4.39 Å². The van der Waals surface area contributed by atoms with Crippen LogP contribution in [0.5, 0.6) is 5.75 Å². The molecule has 0 bridgehead atoms. The van der Waals surface area contributed by atoms with Crippen LogP contribution < -0.4 is 9.64 Å². The number of ether oxygens (including phenoxy) is 1. The number of anilines is 1. The standard InChI is InChI=1S/C18H18FN5OS/c1-10-13-8-21-18(15-9-20-11(2)26-15)22-14(13)4-5-24(10)17-7-12(25-3)6-16(19)23-17/h6-10H,4-5H2,1-3H3. The molecule has 1 aliphatic rings. The zero-order valence-corrected chi connectivity index (χ0v) is 15.5. The Labute approximate surface area is 154 Å². The number of rotatable bonds is 3. The number of pyridine rings is 1. The molecule has 0 amide bonds. The van der Waals surface area contributed by atoms with E-state index in [9.17, 15) is 4.39 Å². The molecule has 0 radical (unpaired) electrons. The summed E-state index contributed by atoms with van der Waals surface area (Å²) in [4.78, 5) is 20.6. The fourth-order valence-electron chi connectivity index (χ4n) is 3.19. The highest BCUT2D eigenvalue weighted by Crippen LogP contribution is 2.34. The lowest BCUT2D eigenvalue weighted by molar-refractivity contribution is 0.408. The first kappa shape index (κ1) is 16.8. The first-order chi connectivity index (χ1) is 12.5. The van der Waals surface area contributed by atoms with Gasteiger partial charge in [0, 0.05) is 43.1 Å². The van der Waals surface area contributed by atoms with E-state index in [0.717, 1.165) is 27.6 Å². The van der Waals surface area contributed by atoms with Crippen molar-refractivity contribution in [1.29, 1.82) is 0 Å². The second kappa shape index (κ2) is 6.60. The van der Waals surface area contributed by atoms with Gasteiger partial charge in [0.15, 0.2) is 5.82 Å². The highest BCUT2D eigenvalue weighted by molar-refractivity contribution is 7.14. The lowest BCUT2D eigenvalue weighted by Gasteiger charge is -2.35. The SMILES string of the molecule is COc1cc(F)nc(N2CCc3nc(-c4cnc(C)s4)ncc3C2C)c1. The van der Waals surface area contributed by atoms with Crippen molar-refractivity contribution >= 4 is 17.2 Å². The van der Waals surface area contributed by atoms with Gasteiger partial charge in [-0.3, -0.25) is 0 Å². The summed E-state index contributed by atoms with van der Waals surface area (Å²) in [6.07, 6.45) is 4.41. The Morgan fingerprint density at radius 3 is 2.81 bits per heavy atom. The molecule has 134 valence electrons. The Hall–Kier alpha value is -2.61. The van der Waals surface area contributed by atoms with Gasteiger partial charge in [0.2, 0.25) is 5.95 Å². The molecule has 0 aliphatic carbocycles. The van der Waals surface area contributed by atoms with Crippen LogP contribution in [0.25, 0.3) is 10.7 Å². The second-order valence-electron chi connectivity index (χ2n) is 6.15. The van der Waals surface area contributed by atoms with E-state index < -0.39 is 5.95 Å². The number of aryl methyl sites for hydroxylation is 1. The number of nitrogens with zero attached hydrogens (tertiary/aromatic N) is 5. The van der Waals surface area contributed by atoms with Gasteiger partial charge in [0.1, 0.15) is 11.6 Å². The van der Waals surface area contributed by atoms with Crippen LogP contribution >= 0.6 is 11.3 Å². The number of methoxy groups -OCH3 is 1. The molecule has 0 saturated carbocycles. The Bertz CT molecular complexity index is 961. The van der Waals surface area contributed by atoms with E-state index in [1.165, 1.54) is 13.2 Å². The smallest absolute Gasteiger partial charge is 0.218 e. The van der Waals surface area contributed by atoms with Crippen LogP contribution in [0.2, 0.25) is 0 Å². The van der Waals surface area contributed by atoms with Crippen molar-refractivity contribution in [2.75, 3.05) is 18.6 Å². The number of fused-ring (bicyclic) bond motifs is 1. The maximum atomic E-state index is 13.8.